The smallest absolute Gasteiger partial charge is 0.240 e. The fourth-order valence-corrected chi connectivity index (χ4v) is 2.51. The van der Waals surface area contributed by atoms with E-state index in [4.69, 9.17) is 23.8 Å². The number of benzene rings is 1. The molecule has 0 spiro atoms. The monoisotopic (exact) mass is 359 g/mol. The molecule has 0 radical (unpaired) electrons. The van der Waals surface area contributed by atoms with Crippen molar-refractivity contribution in [2.75, 3.05) is 0 Å². The van der Waals surface area contributed by atoms with Gasteiger partial charge in [-0.05, 0) is 48.1 Å². The lowest BCUT2D eigenvalue weighted by Gasteiger charge is -2.08. The number of halogens is 1. The number of aromatic amines is 1. The Morgan fingerprint density at radius 2 is 2.08 bits per heavy atom. The molecular formula is C16H14ClN5OS. The van der Waals surface area contributed by atoms with Crippen LogP contribution in [0.1, 0.15) is 5.56 Å². The Kier molecular flexibility index (Phi) is 5.02. The van der Waals surface area contributed by atoms with E-state index in [1.807, 2.05) is 24.3 Å². The zero-order valence-electron chi connectivity index (χ0n) is 12.6. The van der Waals surface area contributed by atoms with Gasteiger partial charge in [0.15, 0.2) is 10.6 Å². The molecule has 2 N–H and O–H groups in total. The molecule has 0 saturated carbocycles. The van der Waals surface area contributed by atoms with Crippen molar-refractivity contribution in [1.29, 1.82) is 0 Å². The normalized spacial score (nSPS) is 10.5. The molecule has 0 atom stereocenters. The Hall–Kier alpha value is -2.51. The molecule has 1 aromatic carbocycles. The summed E-state index contributed by atoms with van der Waals surface area (Å²) in [5, 5.41) is 10.4. The summed E-state index contributed by atoms with van der Waals surface area (Å²) in [6.45, 7) is 0.488. The molecule has 2 aromatic heterocycles. The van der Waals surface area contributed by atoms with Gasteiger partial charge < -0.3 is 5.32 Å². The summed E-state index contributed by atoms with van der Waals surface area (Å²) in [6.07, 6.45) is 3.40. The number of pyridine rings is 1. The molecule has 0 fully saturated rings. The van der Waals surface area contributed by atoms with Gasteiger partial charge in [-0.3, -0.25) is 19.4 Å². The first-order valence-electron chi connectivity index (χ1n) is 7.20. The Morgan fingerprint density at radius 3 is 2.79 bits per heavy atom. The number of hydrogen-bond donors (Lipinski definition) is 2. The fourth-order valence-electron chi connectivity index (χ4n) is 2.19. The maximum Gasteiger partial charge on any atom is 0.240 e. The average molecular weight is 360 g/mol. The van der Waals surface area contributed by atoms with E-state index in [1.165, 1.54) is 0 Å². The summed E-state index contributed by atoms with van der Waals surface area (Å²) < 4.78 is 2.04. The van der Waals surface area contributed by atoms with Crippen LogP contribution in [0.4, 0.5) is 0 Å². The van der Waals surface area contributed by atoms with Crippen molar-refractivity contribution >= 4 is 29.7 Å². The molecule has 0 saturated heterocycles. The minimum absolute atomic E-state index is 0.0769. The van der Waals surface area contributed by atoms with Crippen LogP contribution in [0.15, 0.2) is 48.8 Å². The molecule has 122 valence electrons. The lowest BCUT2D eigenvalue weighted by atomic mass is 10.2. The lowest BCUT2D eigenvalue weighted by Crippen LogP contribution is -2.27. The molecule has 3 aromatic rings. The highest BCUT2D eigenvalue weighted by atomic mass is 35.5. The SMILES string of the molecule is O=C(Cn1c(-c2ccc(Cl)cc2)n[nH]c1=S)NCc1cccnc1. The highest BCUT2D eigenvalue weighted by Crippen LogP contribution is 2.19. The number of hydrogen-bond acceptors (Lipinski definition) is 4. The molecule has 2 heterocycles. The van der Waals surface area contributed by atoms with Crippen LogP contribution in [0, 0.1) is 4.77 Å². The number of rotatable bonds is 5. The molecule has 1 amide bonds. The van der Waals surface area contributed by atoms with Gasteiger partial charge in [-0.1, -0.05) is 17.7 Å². The first kappa shape index (κ1) is 16.4. The summed E-state index contributed by atoms with van der Waals surface area (Å²) in [7, 11) is 0. The van der Waals surface area contributed by atoms with Gasteiger partial charge in [0.25, 0.3) is 0 Å². The van der Waals surface area contributed by atoms with Crippen LogP contribution in [0.5, 0.6) is 0 Å². The van der Waals surface area contributed by atoms with Crippen molar-refractivity contribution < 1.29 is 4.79 Å². The first-order valence-corrected chi connectivity index (χ1v) is 7.99. The highest BCUT2D eigenvalue weighted by Gasteiger charge is 2.12. The fraction of sp³-hybridized carbons (Fsp3) is 0.125. The maximum atomic E-state index is 12.2. The van der Waals surface area contributed by atoms with Gasteiger partial charge >= 0.3 is 0 Å². The molecule has 6 nitrogen and oxygen atoms in total. The van der Waals surface area contributed by atoms with Crippen molar-refractivity contribution in [2.24, 2.45) is 0 Å². The molecule has 0 bridgehead atoms. The van der Waals surface area contributed by atoms with Crippen molar-refractivity contribution in [3.63, 3.8) is 0 Å². The molecule has 0 aliphatic rings. The number of carbonyl (C=O) groups is 1. The summed E-state index contributed by atoms with van der Waals surface area (Å²) in [5.41, 5.74) is 1.76. The highest BCUT2D eigenvalue weighted by molar-refractivity contribution is 7.71. The Labute approximate surface area is 148 Å². The van der Waals surface area contributed by atoms with E-state index in [9.17, 15) is 4.79 Å². The van der Waals surface area contributed by atoms with E-state index in [0.717, 1.165) is 11.1 Å². The molecule has 24 heavy (non-hydrogen) atoms. The average Bonchev–Trinajstić information content (AvgIpc) is 2.95. The van der Waals surface area contributed by atoms with E-state index in [2.05, 4.69) is 20.5 Å². The summed E-state index contributed by atoms with van der Waals surface area (Å²) in [5.74, 6) is 0.430. The van der Waals surface area contributed by atoms with Crippen LogP contribution in [0.2, 0.25) is 5.02 Å². The maximum absolute atomic E-state index is 12.2. The van der Waals surface area contributed by atoms with Crippen LogP contribution in [-0.4, -0.2) is 25.7 Å². The standard InChI is InChI=1S/C16H14ClN5OS/c17-13-5-3-12(4-6-13)15-20-21-16(24)22(15)10-14(23)19-9-11-2-1-7-18-8-11/h1-8H,9-10H2,(H,19,23)(H,21,24). The largest absolute Gasteiger partial charge is 0.350 e. The Bertz CT molecular complexity index is 889. The molecular weight excluding hydrogens is 346 g/mol. The minimum atomic E-state index is -0.161. The van der Waals surface area contributed by atoms with Crippen molar-refractivity contribution in [1.82, 2.24) is 25.1 Å². The van der Waals surface area contributed by atoms with Crippen LogP contribution >= 0.6 is 23.8 Å². The van der Waals surface area contributed by atoms with E-state index in [1.54, 1.807) is 29.1 Å². The third-order valence-corrected chi connectivity index (χ3v) is 3.94. The van der Waals surface area contributed by atoms with Crippen LogP contribution in [0.25, 0.3) is 11.4 Å². The zero-order valence-corrected chi connectivity index (χ0v) is 14.1. The number of nitrogens with zero attached hydrogens (tertiary/aromatic N) is 3. The van der Waals surface area contributed by atoms with Gasteiger partial charge in [0.05, 0.1) is 0 Å². The van der Waals surface area contributed by atoms with Gasteiger partial charge in [-0.15, -0.1) is 0 Å². The molecule has 0 aliphatic heterocycles. The number of carbonyl (C=O) groups excluding carboxylic acids is 1. The third kappa shape index (κ3) is 3.87. The molecule has 0 aliphatic carbocycles. The van der Waals surface area contributed by atoms with Crippen molar-refractivity contribution in [3.8, 4) is 11.4 Å². The second-order valence-electron chi connectivity index (χ2n) is 5.08. The summed E-state index contributed by atoms with van der Waals surface area (Å²) >= 11 is 11.1. The van der Waals surface area contributed by atoms with E-state index in [0.29, 0.717) is 22.2 Å². The van der Waals surface area contributed by atoms with E-state index >= 15 is 0 Å². The molecule has 3 rings (SSSR count). The number of amides is 1. The number of H-pyrrole nitrogens is 1. The van der Waals surface area contributed by atoms with Crippen LogP contribution < -0.4 is 5.32 Å². The zero-order chi connectivity index (χ0) is 16.9. The van der Waals surface area contributed by atoms with Gasteiger partial charge in [-0.2, -0.15) is 5.10 Å². The van der Waals surface area contributed by atoms with Gasteiger partial charge in [0.1, 0.15) is 6.54 Å². The topological polar surface area (TPSA) is 75.6 Å². The van der Waals surface area contributed by atoms with Crippen LogP contribution in [-0.2, 0) is 17.9 Å². The Balaban J connectivity index is 1.73. The van der Waals surface area contributed by atoms with E-state index in [-0.39, 0.29) is 12.5 Å². The first-order chi connectivity index (χ1) is 11.6. The third-order valence-electron chi connectivity index (χ3n) is 3.37. The second-order valence-corrected chi connectivity index (χ2v) is 5.91. The summed E-state index contributed by atoms with van der Waals surface area (Å²) in [4.78, 5) is 16.2. The van der Waals surface area contributed by atoms with Gasteiger partial charge in [0, 0.05) is 29.5 Å². The molecule has 0 unspecified atom stereocenters. The van der Waals surface area contributed by atoms with Crippen molar-refractivity contribution in [2.45, 2.75) is 13.1 Å². The van der Waals surface area contributed by atoms with Gasteiger partial charge in [-0.25, -0.2) is 0 Å². The Morgan fingerprint density at radius 1 is 1.29 bits per heavy atom. The predicted octanol–water partition coefficient (Wildman–Crippen LogP) is 2.97. The van der Waals surface area contributed by atoms with Crippen molar-refractivity contribution in [3.05, 3.63) is 64.1 Å². The summed E-state index contributed by atoms with van der Waals surface area (Å²) in [6, 6.07) is 10.9. The quantitative estimate of drug-likeness (QED) is 0.687. The lowest BCUT2D eigenvalue weighted by molar-refractivity contribution is -0.121. The minimum Gasteiger partial charge on any atom is -0.350 e. The number of aromatic nitrogens is 4. The second kappa shape index (κ2) is 7.37. The molecule has 8 heteroatoms. The number of nitrogens with one attached hydrogen (secondary N) is 2. The predicted molar refractivity (Wildman–Crippen MR) is 93.9 cm³/mol. The van der Waals surface area contributed by atoms with Gasteiger partial charge in [0.2, 0.25) is 5.91 Å². The van der Waals surface area contributed by atoms with E-state index < -0.39 is 0 Å². The van der Waals surface area contributed by atoms with Crippen LogP contribution in [0.3, 0.4) is 0 Å².